The Hall–Kier alpha value is -2.46. The first-order valence-corrected chi connectivity index (χ1v) is 4.07. The molecule has 0 amide bonds. The average molecular weight is 202 g/mol. The largest absolute Gasteiger partial charge is 0.403 e. The Morgan fingerprint density at radius 1 is 1.33 bits per heavy atom. The maximum atomic E-state index is 10.2. The summed E-state index contributed by atoms with van der Waals surface area (Å²) in [6.45, 7) is 0. The SMILES string of the molecule is Nc1nnc(-c2ccccc2N=C=O)o1. The molecule has 0 radical (unpaired) electrons. The van der Waals surface area contributed by atoms with Gasteiger partial charge in [0.15, 0.2) is 0 Å². The first-order valence-electron chi connectivity index (χ1n) is 4.07. The van der Waals surface area contributed by atoms with E-state index < -0.39 is 0 Å². The van der Waals surface area contributed by atoms with Crippen molar-refractivity contribution >= 4 is 17.8 Å². The van der Waals surface area contributed by atoms with Gasteiger partial charge in [-0.25, -0.2) is 4.79 Å². The van der Waals surface area contributed by atoms with Crippen LogP contribution in [0.5, 0.6) is 0 Å². The fourth-order valence-corrected chi connectivity index (χ4v) is 1.14. The predicted octanol–water partition coefficient (Wildman–Crippen LogP) is 1.29. The van der Waals surface area contributed by atoms with E-state index in [-0.39, 0.29) is 11.9 Å². The highest BCUT2D eigenvalue weighted by Gasteiger charge is 2.10. The van der Waals surface area contributed by atoms with Gasteiger partial charge in [-0.1, -0.05) is 17.2 Å². The van der Waals surface area contributed by atoms with Crippen LogP contribution in [0.15, 0.2) is 33.7 Å². The lowest BCUT2D eigenvalue weighted by Crippen LogP contribution is -1.81. The van der Waals surface area contributed by atoms with Gasteiger partial charge in [-0.2, -0.15) is 4.99 Å². The Labute approximate surface area is 84.5 Å². The van der Waals surface area contributed by atoms with E-state index in [1.54, 1.807) is 24.3 Å². The second-order valence-electron chi connectivity index (χ2n) is 2.67. The lowest BCUT2D eigenvalue weighted by molar-refractivity contribution is 0.565. The number of carbonyl (C=O) groups excluding carboxylic acids is 1. The van der Waals surface area contributed by atoms with Crippen LogP contribution in [0.3, 0.4) is 0 Å². The third-order valence-corrected chi connectivity index (χ3v) is 1.74. The van der Waals surface area contributed by atoms with Crippen molar-refractivity contribution < 1.29 is 9.21 Å². The summed E-state index contributed by atoms with van der Waals surface area (Å²) in [5.74, 6) is 0.224. The summed E-state index contributed by atoms with van der Waals surface area (Å²) in [5, 5.41) is 7.21. The van der Waals surface area contributed by atoms with Crippen LogP contribution in [0.1, 0.15) is 0 Å². The third kappa shape index (κ3) is 1.74. The number of anilines is 1. The van der Waals surface area contributed by atoms with Gasteiger partial charge in [-0.05, 0) is 12.1 Å². The molecule has 1 aromatic carbocycles. The summed E-state index contributed by atoms with van der Waals surface area (Å²) in [4.78, 5) is 13.7. The molecule has 15 heavy (non-hydrogen) atoms. The Kier molecular flexibility index (Phi) is 2.26. The molecule has 0 saturated carbocycles. The van der Waals surface area contributed by atoms with Gasteiger partial charge in [0.05, 0.1) is 11.3 Å². The van der Waals surface area contributed by atoms with Crippen molar-refractivity contribution in [3.8, 4) is 11.5 Å². The highest BCUT2D eigenvalue weighted by atomic mass is 16.4. The number of rotatable bonds is 2. The summed E-state index contributed by atoms with van der Waals surface area (Å²) < 4.78 is 5.02. The maximum Gasteiger partial charge on any atom is 0.313 e. The standard InChI is InChI=1S/C9H6N4O2/c10-9-13-12-8(15-9)6-3-1-2-4-7(6)11-5-14/h1-4H,(H2,10,13). The van der Waals surface area contributed by atoms with Crippen molar-refractivity contribution in [2.45, 2.75) is 0 Å². The molecule has 0 aliphatic carbocycles. The Bertz CT molecular complexity index is 528. The van der Waals surface area contributed by atoms with Gasteiger partial charge in [0.25, 0.3) is 5.89 Å². The maximum absolute atomic E-state index is 10.2. The number of hydrogen-bond donors (Lipinski definition) is 1. The highest BCUT2D eigenvalue weighted by Crippen LogP contribution is 2.28. The lowest BCUT2D eigenvalue weighted by atomic mass is 10.2. The van der Waals surface area contributed by atoms with Crippen LogP contribution in [-0.2, 0) is 4.79 Å². The zero-order valence-electron chi connectivity index (χ0n) is 7.54. The van der Waals surface area contributed by atoms with Crippen molar-refractivity contribution in [1.82, 2.24) is 10.2 Å². The topological polar surface area (TPSA) is 94.4 Å². The molecule has 74 valence electrons. The number of aliphatic imine (C=N–C) groups is 1. The van der Waals surface area contributed by atoms with E-state index in [4.69, 9.17) is 10.2 Å². The number of nitrogens with zero attached hydrogens (tertiary/aromatic N) is 3. The van der Waals surface area contributed by atoms with Crippen molar-refractivity contribution in [1.29, 1.82) is 0 Å². The number of nitrogen functional groups attached to an aromatic ring is 1. The van der Waals surface area contributed by atoms with Crippen LogP contribution < -0.4 is 5.73 Å². The molecule has 0 aliphatic rings. The second kappa shape index (κ2) is 3.73. The molecule has 2 N–H and O–H groups in total. The summed E-state index contributed by atoms with van der Waals surface area (Å²) >= 11 is 0. The Balaban J connectivity index is 2.56. The summed E-state index contributed by atoms with van der Waals surface area (Å²) in [5.41, 5.74) is 6.25. The van der Waals surface area contributed by atoms with Gasteiger partial charge in [0.2, 0.25) is 6.08 Å². The zero-order chi connectivity index (χ0) is 10.7. The van der Waals surface area contributed by atoms with E-state index in [2.05, 4.69) is 15.2 Å². The molecule has 6 heteroatoms. The van der Waals surface area contributed by atoms with Crippen molar-refractivity contribution in [3.63, 3.8) is 0 Å². The Morgan fingerprint density at radius 3 is 2.80 bits per heavy atom. The lowest BCUT2D eigenvalue weighted by Gasteiger charge is -1.96. The minimum Gasteiger partial charge on any atom is -0.403 e. The van der Waals surface area contributed by atoms with Crippen LogP contribution in [0.4, 0.5) is 11.7 Å². The summed E-state index contributed by atoms with van der Waals surface area (Å²) in [6, 6.07) is 6.80. The van der Waals surface area contributed by atoms with E-state index >= 15 is 0 Å². The molecule has 0 aliphatic heterocycles. The van der Waals surface area contributed by atoms with Crippen molar-refractivity contribution in [2.24, 2.45) is 4.99 Å². The zero-order valence-corrected chi connectivity index (χ0v) is 7.54. The quantitative estimate of drug-likeness (QED) is 0.584. The highest BCUT2D eigenvalue weighted by molar-refractivity contribution is 5.71. The number of nitrogens with two attached hydrogens (primary N) is 1. The van der Waals surface area contributed by atoms with Crippen LogP contribution in [0, 0.1) is 0 Å². The fraction of sp³-hybridized carbons (Fsp3) is 0. The van der Waals surface area contributed by atoms with Gasteiger partial charge in [-0.15, -0.1) is 5.10 Å². The molecule has 1 aromatic heterocycles. The molecule has 1 heterocycles. The molecule has 0 unspecified atom stereocenters. The monoisotopic (exact) mass is 202 g/mol. The van der Waals surface area contributed by atoms with E-state index in [0.29, 0.717) is 11.3 Å². The van der Waals surface area contributed by atoms with Crippen molar-refractivity contribution in [2.75, 3.05) is 5.73 Å². The average Bonchev–Trinajstić information content (AvgIpc) is 2.66. The molecular formula is C9H6N4O2. The molecular weight excluding hydrogens is 196 g/mol. The molecule has 2 rings (SSSR count). The first-order chi connectivity index (χ1) is 7.31. The fourth-order valence-electron chi connectivity index (χ4n) is 1.14. The molecule has 0 spiro atoms. The van der Waals surface area contributed by atoms with Crippen LogP contribution in [-0.4, -0.2) is 16.3 Å². The predicted molar refractivity (Wildman–Crippen MR) is 51.9 cm³/mol. The van der Waals surface area contributed by atoms with E-state index in [1.807, 2.05) is 0 Å². The van der Waals surface area contributed by atoms with Crippen LogP contribution in [0.2, 0.25) is 0 Å². The third-order valence-electron chi connectivity index (χ3n) is 1.74. The van der Waals surface area contributed by atoms with Gasteiger partial charge in [-0.3, -0.25) is 0 Å². The minimum atomic E-state index is -0.0325. The van der Waals surface area contributed by atoms with Gasteiger partial charge in [0.1, 0.15) is 0 Å². The number of hydrogen-bond acceptors (Lipinski definition) is 6. The summed E-state index contributed by atoms with van der Waals surface area (Å²) in [7, 11) is 0. The van der Waals surface area contributed by atoms with Crippen LogP contribution >= 0.6 is 0 Å². The smallest absolute Gasteiger partial charge is 0.313 e. The van der Waals surface area contributed by atoms with Crippen molar-refractivity contribution in [3.05, 3.63) is 24.3 Å². The van der Waals surface area contributed by atoms with Gasteiger partial charge >= 0.3 is 6.01 Å². The van der Waals surface area contributed by atoms with Gasteiger partial charge < -0.3 is 10.2 Å². The molecule has 6 nitrogen and oxygen atoms in total. The van der Waals surface area contributed by atoms with E-state index in [1.165, 1.54) is 6.08 Å². The van der Waals surface area contributed by atoms with Crippen LogP contribution in [0.25, 0.3) is 11.5 Å². The molecule has 0 fully saturated rings. The molecule has 0 bridgehead atoms. The number of aromatic nitrogens is 2. The molecule has 2 aromatic rings. The normalized spacial score (nSPS) is 9.60. The molecule has 0 saturated heterocycles. The second-order valence-corrected chi connectivity index (χ2v) is 2.67. The minimum absolute atomic E-state index is 0.0325. The van der Waals surface area contributed by atoms with E-state index in [0.717, 1.165) is 0 Å². The number of benzene rings is 1. The molecule has 0 atom stereocenters. The number of para-hydroxylation sites is 1. The van der Waals surface area contributed by atoms with Gasteiger partial charge in [0, 0.05) is 0 Å². The van der Waals surface area contributed by atoms with E-state index in [9.17, 15) is 4.79 Å². The summed E-state index contributed by atoms with van der Waals surface area (Å²) in [6.07, 6.45) is 1.45. The Morgan fingerprint density at radius 2 is 2.13 bits per heavy atom. The number of isocyanates is 1. The first kappa shape index (κ1) is 9.11.